The summed E-state index contributed by atoms with van der Waals surface area (Å²) < 4.78 is 1.38. The van der Waals surface area contributed by atoms with Crippen molar-refractivity contribution in [2.45, 2.75) is 13.5 Å². The Morgan fingerprint density at radius 1 is 1.21 bits per heavy atom. The summed E-state index contributed by atoms with van der Waals surface area (Å²) in [5, 5.41) is 9.15. The van der Waals surface area contributed by atoms with Gasteiger partial charge in [0.15, 0.2) is 0 Å². The average Bonchev–Trinajstić information content (AvgIpc) is 3.11. The second-order valence-electron chi connectivity index (χ2n) is 5.38. The van der Waals surface area contributed by atoms with Crippen LogP contribution in [0, 0.1) is 6.92 Å². The number of aryl methyl sites for hydroxylation is 1. The number of nitrogens with one attached hydrogen (secondary N) is 1. The molecule has 0 aliphatic carbocycles. The van der Waals surface area contributed by atoms with Crippen LogP contribution in [0.25, 0.3) is 10.6 Å². The normalized spacial score (nSPS) is 10.5. The first-order valence-corrected chi connectivity index (χ1v) is 8.48. The second-order valence-corrected chi connectivity index (χ2v) is 6.33. The molecule has 0 unspecified atom stereocenters. The zero-order valence-corrected chi connectivity index (χ0v) is 14.0. The molecule has 0 atom stereocenters. The largest absolute Gasteiger partial charge is 0.350 e. The van der Waals surface area contributed by atoms with Crippen molar-refractivity contribution >= 4 is 17.2 Å². The van der Waals surface area contributed by atoms with Crippen LogP contribution in [0.5, 0.6) is 0 Å². The van der Waals surface area contributed by atoms with E-state index in [0.29, 0.717) is 18.7 Å². The molecule has 0 saturated heterocycles. The number of carbonyl (C=O) groups excluding carboxylic acids is 1. The molecule has 0 fully saturated rings. The Morgan fingerprint density at radius 2 is 2.08 bits per heavy atom. The lowest BCUT2D eigenvalue weighted by Crippen LogP contribution is -2.31. The Hall–Kier alpha value is -2.73. The van der Waals surface area contributed by atoms with Crippen molar-refractivity contribution < 1.29 is 4.79 Å². The van der Waals surface area contributed by atoms with Gasteiger partial charge in [-0.15, -0.1) is 11.3 Å². The van der Waals surface area contributed by atoms with Crippen LogP contribution in [0.3, 0.4) is 0 Å². The van der Waals surface area contributed by atoms with Gasteiger partial charge in [-0.1, -0.05) is 23.8 Å². The minimum absolute atomic E-state index is 0.152. The van der Waals surface area contributed by atoms with E-state index < -0.39 is 0 Å². The molecule has 2 heterocycles. The first kappa shape index (κ1) is 16.1. The molecule has 1 aromatic carbocycles. The lowest BCUT2D eigenvalue weighted by atomic mass is 10.1. The predicted octanol–water partition coefficient (Wildman–Crippen LogP) is 2.71. The topological polar surface area (TPSA) is 64.0 Å². The van der Waals surface area contributed by atoms with Gasteiger partial charge in [0.25, 0.3) is 11.5 Å². The summed E-state index contributed by atoms with van der Waals surface area (Å²) in [5.74, 6) is -0.152. The van der Waals surface area contributed by atoms with Gasteiger partial charge in [0.2, 0.25) is 0 Å². The summed E-state index contributed by atoms with van der Waals surface area (Å²) in [6, 6.07) is 14.5. The SMILES string of the molecule is Cc1cccc(C(=O)NCCn2nc(-c3cccs3)ccc2=O)c1. The van der Waals surface area contributed by atoms with Crippen molar-refractivity contribution in [3.05, 3.63) is 75.4 Å². The molecule has 3 aromatic rings. The molecule has 0 bridgehead atoms. The van der Waals surface area contributed by atoms with Crippen LogP contribution >= 0.6 is 11.3 Å². The predicted molar refractivity (Wildman–Crippen MR) is 95.3 cm³/mol. The Balaban J connectivity index is 1.65. The van der Waals surface area contributed by atoms with Crippen molar-refractivity contribution in [3.63, 3.8) is 0 Å². The lowest BCUT2D eigenvalue weighted by Gasteiger charge is -2.08. The van der Waals surface area contributed by atoms with E-state index in [1.165, 1.54) is 10.7 Å². The van der Waals surface area contributed by atoms with Gasteiger partial charge in [-0.2, -0.15) is 5.10 Å². The van der Waals surface area contributed by atoms with E-state index in [0.717, 1.165) is 16.1 Å². The third-order valence-corrected chi connectivity index (χ3v) is 4.42. The monoisotopic (exact) mass is 339 g/mol. The highest BCUT2D eigenvalue weighted by Gasteiger charge is 2.07. The maximum atomic E-state index is 12.1. The maximum absolute atomic E-state index is 12.1. The molecule has 5 nitrogen and oxygen atoms in total. The number of hydrogen-bond acceptors (Lipinski definition) is 4. The summed E-state index contributed by atoms with van der Waals surface area (Å²) >= 11 is 1.57. The zero-order chi connectivity index (χ0) is 16.9. The van der Waals surface area contributed by atoms with Crippen LogP contribution in [0.15, 0.2) is 58.7 Å². The maximum Gasteiger partial charge on any atom is 0.266 e. The van der Waals surface area contributed by atoms with Crippen molar-refractivity contribution in [2.24, 2.45) is 0 Å². The number of benzene rings is 1. The average molecular weight is 339 g/mol. The Labute approximate surface area is 143 Å². The Kier molecular flexibility index (Phi) is 4.86. The molecule has 2 aromatic heterocycles. The molecule has 24 heavy (non-hydrogen) atoms. The fourth-order valence-corrected chi connectivity index (χ4v) is 3.02. The molecular formula is C18H17N3O2S. The summed E-state index contributed by atoms with van der Waals surface area (Å²) in [4.78, 5) is 25.0. The first-order valence-electron chi connectivity index (χ1n) is 7.60. The van der Waals surface area contributed by atoms with Gasteiger partial charge in [-0.3, -0.25) is 9.59 Å². The quantitative estimate of drug-likeness (QED) is 0.777. The molecule has 0 radical (unpaired) electrons. The third-order valence-electron chi connectivity index (χ3n) is 3.53. The van der Waals surface area contributed by atoms with Crippen molar-refractivity contribution in [1.29, 1.82) is 0 Å². The smallest absolute Gasteiger partial charge is 0.266 e. The number of hydrogen-bond donors (Lipinski definition) is 1. The van der Waals surface area contributed by atoms with E-state index in [9.17, 15) is 9.59 Å². The number of amides is 1. The lowest BCUT2D eigenvalue weighted by molar-refractivity contribution is 0.0951. The van der Waals surface area contributed by atoms with E-state index in [1.807, 2.05) is 42.6 Å². The molecule has 0 saturated carbocycles. The van der Waals surface area contributed by atoms with Crippen molar-refractivity contribution in [3.8, 4) is 10.6 Å². The van der Waals surface area contributed by atoms with Crippen LogP contribution in [0.1, 0.15) is 15.9 Å². The second kappa shape index (κ2) is 7.23. The number of aromatic nitrogens is 2. The molecule has 0 aliphatic rings. The summed E-state index contributed by atoms with van der Waals surface area (Å²) in [6.07, 6.45) is 0. The minimum atomic E-state index is -0.180. The summed E-state index contributed by atoms with van der Waals surface area (Å²) in [6.45, 7) is 2.61. The van der Waals surface area contributed by atoms with Gasteiger partial charge in [-0.25, -0.2) is 4.68 Å². The van der Waals surface area contributed by atoms with E-state index in [1.54, 1.807) is 23.5 Å². The highest BCUT2D eigenvalue weighted by atomic mass is 32.1. The molecule has 3 rings (SSSR count). The molecule has 6 heteroatoms. The van der Waals surface area contributed by atoms with Gasteiger partial charge in [0.05, 0.1) is 11.4 Å². The summed E-state index contributed by atoms with van der Waals surface area (Å²) in [5.41, 5.74) is 2.22. The molecule has 1 amide bonds. The molecule has 1 N–H and O–H groups in total. The number of thiophene rings is 1. The fraction of sp³-hybridized carbons (Fsp3) is 0.167. The standard InChI is InChI=1S/C18H17N3O2S/c1-13-4-2-5-14(12-13)18(23)19-9-10-21-17(22)8-7-15(20-21)16-6-3-11-24-16/h2-8,11-12H,9-10H2,1H3,(H,19,23). The van der Waals surface area contributed by atoms with E-state index in [2.05, 4.69) is 10.4 Å². The zero-order valence-electron chi connectivity index (χ0n) is 13.2. The van der Waals surface area contributed by atoms with Crippen LogP contribution in [0.4, 0.5) is 0 Å². The Morgan fingerprint density at radius 3 is 2.83 bits per heavy atom. The van der Waals surface area contributed by atoms with E-state index in [4.69, 9.17) is 0 Å². The van der Waals surface area contributed by atoms with E-state index >= 15 is 0 Å². The minimum Gasteiger partial charge on any atom is -0.350 e. The van der Waals surface area contributed by atoms with E-state index in [-0.39, 0.29) is 11.5 Å². The third kappa shape index (κ3) is 3.78. The van der Waals surface area contributed by atoms with Gasteiger partial charge >= 0.3 is 0 Å². The number of rotatable bonds is 5. The summed E-state index contributed by atoms with van der Waals surface area (Å²) in [7, 11) is 0. The van der Waals surface area contributed by atoms with Gasteiger partial charge in [-0.05, 0) is 36.6 Å². The first-order chi connectivity index (χ1) is 11.6. The van der Waals surface area contributed by atoms with Gasteiger partial charge < -0.3 is 5.32 Å². The number of nitrogens with zero attached hydrogens (tertiary/aromatic N) is 2. The number of carbonyl (C=O) groups is 1. The van der Waals surface area contributed by atoms with Gasteiger partial charge in [0, 0.05) is 18.2 Å². The highest BCUT2D eigenvalue weighted by molar-refractivity contribution is 7.13. The van der Waals surface area contributed by atoms with Crippen LogP contribution in [0.2, 0.25) is 0 Å². The molecule has 0 aliphatic heterocycles. The van der Waals surface area contributed by atoms with Crippen LogP contribution in [-0.2, 0) is 6.54 Å². The Bertz CT molecular complexity index is 901. The van der Waals surface area contributed by atoms with Crippen molar-refractivity contribution in [2.75, 3.05) is 6.54 Å². The van der Waals surface area contributed by atoms with Crippen LogP contribution < -0.4 is 10.9 Å². The molecule has 122 valence electrons. The fourth-order valence-electron chi connectivity index (χ4n) is 2.33. The highest BCUT2D eigenvalue weighted by Crippen LogP contribution is 2.20. The van der Waals surface area contributed by atoms with Gasteiger partial charge in [0.1, 0.15) is 5.69 Å². The van der Waals surface area contributed by atoms with Crippen molar-refractivity contribution in [1.82, 2.24) is 15.1 Å². The molecular weight excluding hydrogens is 322 g/mol. The van der Waals surface area contributed by atoms with Crippen LogP contribution in [-0.4, -0.2) is 22.2 Å². The molecule has 0 spiro atoms.